The molecule has 0 aliphatic carbocycles. The summed E-state index contributed by atoms with van der Waals surface area (Å²) in [5.41, 5.74) is 7.13. The van der Waals surface area contributed by atoms with Crippen LogP contribution in [0.5, 0.6) is 0 Å². The maximum absolute atomic E-state index is 12.0. The van der Waals surface area contributed by atoms with Crippen molar-refractivity contribution in [3.05, 3.63) is 24.3 Å². The van der Waals surface area contributed by atoms with Crippen LogP contribution >= 0.6 is 0 Å². The largest absolute Gasteiger partial charge is 0.399 e. The summed E-state index contributed by atoms with van der Waals surface area (Å²) in [6.45, 7) is 8.44. The third kappa shape index (κ3) is 7.14. The highest BCUT2D eigenvalue weighted by Crippen LogP contribution is 2.12. The fourth-order valence-corrected chi connectivity index (χ4v) is 2.28. The number of unbranched alkanes of at least 4 members (excludes halogenated alkanes) is 2. The minimum absolute atomic E-state index is 0.0433. The van der Waals surface area contributed by atoms with E-state index >= 15 is 0 Å². The fourth-order valence-electron chi connectivity index (χ4n) is 2.28. The van der Waals surface area contributed by atoms with Gasteiger partial charge in [0, 0.05) is 30.4 Å². The molecule has 21 heavy (non-hydrogen) atoms. The van der Waals surface area contributed by atoms with Gasteiger partial charge in [-0.1, -0.05) is 25.8 Å². The van der Waals surface area contributed by atoms with E-state index in [0.29, 0.717) is 18.2 Å². The van der Waals surface area contributed by atoms with Gasteiger partial charge in [-0.2, -0.15) is 0 Å². The second kappa shape index (κ2) is 9.40. The number of nitrogens with one attached hydrogen (secondary N) is 1. The van der Waals surface area contributed by atoms with Gasteiger partial charge in [0.05, 0.1) is 0 Å². The van der Waals surface area contributed by atoms with Crippen molar-refractivity contribution >= 4 is 17.3 Å². The number of rotatable bonds is 9. The minimum Gasteiger partial charge on any atom is -0.399 e. The Morgan fingerprint density at radius 2 is 2.05 bits per heavy atom. The number of benzene rings is 1. The summed E-state index contributed by atoms with van der Waals surface area (Å²) in [4.78, 5) is 14.4. The quantitative estimate of drug-likeness (QED) is 0.541. The van der Waals surface area contributed by atoms with E-state index in [1.54, 1.807) is 6.07 Å². The number of anilines is 2. The van der Waals surface area contributed by atoms with E-state index in [0.717, 1.165) is 18.8 Å². The third-order valence-electron chi connectivity index (χ3n) is 3.58. The molecule has 1 rings (SSSR count). The Bertz CT molecular complexity index is 432. The molecule has 0 radical (unpaired) electrons. The van der Waals surface area contributed by atoms with Crippen LogP contribution < -0.4 is 11.1 Å². The summed E-state index contributed by atoms with van der Waals surface area (Å²) >= 11 is 0. The molecule has 1 aromatic rings. The first-order valence-electron chi connectivity index (χ1n) is 7.92. The SMILES string of the molecule is CCCCCN(CCC(=O)Nc1cccc(N)c1)C(C)C. The van der Waals surface area contributed by atoms with Crippen LogP contribution in [-0.4, -0.2) is 29.9 Å². The molecule has 3 N–H and O–H groups in total. The molecular formula is C17H29N3O. The summed E-state index contributed by atoms with van der Waals surface area (Å²) in [5, 5.41) is 2.90. The summed E-state index contributed by atoms with van der Waals surface area (Å²) in [6.07, 6.45) is 4.19. The molecule has 0 spiro atoms. The molecule has 118 valence electrons. The predicted octanol–water partition coefficient (Wildman–Crippen LogP) is 3.50. The minimum atomic E-state index is 0.0433. The van der Waals surface area contributed by atoms with Crippen molar-refractivity contribution in [2.75, 3.05) is 24.1 Å². The van der Waals surface area contributed by atoms with Gasteiger partial charge in [-0.05, 0) is 45.0 Å². The average Bonchev–Trinajstić information content (AvgIpc) is 2.42. The highest BCUT2D eigenvalue weighted by Gasteiger charge is 2.11. The topological polar surface area (TPSA) is 58.4 Å². The highest BCUT2D eigenvalue weighted by molar-refractivity contribution is 5.91. The van der Waals surface area contributed by atoms with Crippen molar-refractivity contribution in [1.82, 2.24) is 4.90 Å². The number of hydrogen-bond acceptors (Lipinski definition) is 3. The normalized spacial score (nSPS) is 11.1. The number of amides is 1. The van der Waals surface area contributed by atoms with Gasteiger partial charge in [0.2, 0.25) is 5.91 Å². The molecule has 0 saturated heterocycles. The number of hydrogen-bond donors (Lipinski definition) is 2. The molecule has 4 nitrogen and oxygen atoms in total. The number of nitrogens with zero attached hydrogens (tertiary/aromatic N) is 1. The summed E-state index contributed by atoms with van der Waals surface area (Å²) in [7, 11) is 0. The number of carbonyl (C=O) groups excluding carboxylic acids is 1. The maximum Gasteiger partial charge on any atom is 0.225 e. The van der Waals surface area contributed by atoms with Gasteiger partial charge in [0.1, 0.15) is 0 Å². The van der Waals surface area contributed by atoms with Crippen LogP contribution in [0.25, 0.3) is 0 Å². The van der Waals surface area contributed by atoms with Gasteiger partial charge in [-0.3, -0.25) is 4.79 Å². The number of nitrogens with two attached hydrogens (primary N) is 1. The van der Waals surface area contributed by atoms with Crippen molar-refractivity contribution in [1.29, 1.82) is 0 Å². The zero-order valence-electron chi connectivity index (χ0n) is 13.6. The van der Waals surface area contributed by atoms with Crippen LogP contribution in [0.2, 0.25) is 0 Å². The Morgan fingerprint density at radius 3 is 2.67 bits per heavy atom. The number of nitrogen functional groups attached to an aromatic ring is 1. The maximum atomic E-state index is 12.0. The molecule has 0 heterocycles. The smallest absolute Gasteiger partial charge is 0.225 e. The first-order chi connectivity index (χ1) is 10.0. The standard InChI is InChI=1S/C17H29N3O/c1-4-5-6-11-20(14(2)3)12-10-17(21)19-16-9-7-8-15(18)13-16/h7-9,13-14H,4-6,10-12,18H2,1-3H3,(H,19,21). The first kappa shape index (κ1) is 17.5. The molecule has 0 aliphatic heterocycles. The third-order valence-corrected chi connectivity index (χ3v) is 3.58. The highest BCUT2D eigenvalue weighted by atomic mass is 16.1. The molecule has 1 aromatic carbocycles. The van der Waals surface area contributed by atoms with Crippen LogP contribution in [-0.2, 0) is 4.79 Å². The van der Waals surface area contributed by atoms with Crippen molar-refractivity contribution < 1.29 is 4.79 Å². The van der Waals surface area contributed by atoms with E-state index in [9.17, 15) is 4.79 Å². The van der Waals surface area contributed by atoms with Crippen molar-refractivity contribution in [3.63, 3.8) is 0 Å². The lowest BCUT2D eigenvalue weighted by atomic mass is 10.2. The van der Waals surface area contributed by atoms with E-state index in [1.807, 2.05) is 18.2 Å². The van der Waals surface area contributed by atoms with E-state index in [2.05, 4.69) is 31.0 Å². The van der Waals surface area contributed by atoms with Crippen molar-refractivity contribution in [3.8, 4) is 0 Å². The van der Waals surface area contributed by atoms with Gasteiger partial charge < -0.3 is 16.0 Å². The van der Waals surface area contributed by atoms with Gasteiger partial charge >= 0.3 is 0 Å². The zero-order chi connectivity index (χ0) is 15.7. The van der Waals surface area contributed by atoms with Gasteiger partial charge in [0.15, 0.2) is 0 Å². The second-order valence-electron chi connectivity index (χ2n) is 5.76. The van der Waals surface area contributed by atoms with Gasteiger partial charge in [-0.25, -0.2) is 0 Å². The van der Waals surface area contributed by atoms with Crippen LogP contribution in [0.4, 0.5) is 11.4 Å². The lowest BCUT2D eigenvalue weighted by Gasteiger charge is -2.26. The Hall–Kier alpha value is -1.55. The molecule has 0 saturated carbocycles. The van der Waals surface area contributed by atoms with Crippen molar-refractivity contribution in [2.24, 2.45) is 0 Å². The lowest BCUT2D eigenvalue weighted by molar-refractivity contribution is -0.116. The lowest BCUT2D eigenvalue weighted by Crippen LogP contribution is -2.34. The Labute approximate surface area is 128 Å². The first-order valence-corrected chi connectivity index (χ1v) is 7.92. The summed E-state index contributed by atoms with van der Waals surface area (Å²) < 4.78 is 0. The Balaban J connectivity index is 2.38. The Morgan fingerprint density at radius 1 is 1.29 bits per heavy atom. The van der Waals surface area contributed by atoms with Crippen molar-refractivity contribution in [2.45, 2.75) is 52.5 Å². The molecule has 0 aliphatic rings. The van der Waals surface area contributed by atoms with Crippen LogP contribution in [0.1, 0.15) is 46.5 Å². The molecule has 1 amide bonds. The molecule has 0 fully saturated rings. The fraction of sp³-hybridized carbons (Fsp3) is 0.588. The van der Waals surface area contributed by atoms with E-state index < -0.39 is 0 Å². The predicted molar refractivity (Wildman–Crippen MR) is 90.3 cm³/mol. The average molecular weight is 291 g/mol. The monoisotopic (exact) mass is 291 g/mol. The molecule has 0 unspecified atom stereocenters. The van der Waals surface area contributed by atoms with E-state index in [-0.39, 0.29) is 5.91 Å². The molecule has 4 heteroatoms. The van der Waals surface area contributed by atoms with Gasteiger partial charge in [-0.15, -0.1) is 0 Å². The van der Waals surface area contributed by atoms with E-state index in [4.69, 9.17) is 5.73 Å². The Kier molecular flexibility index (Phi) is 7.83. The molecular weight excluding hydrogens is 262 g/mol. The van der Waals surface area contributed by atoms with Crippen LogP contribution in [0.15, 0.2) is 24.3 Å². The summed E-state index contributed by atoms with van der Waals surface area (Å²) in [5.74, 6) is 0.0433. The van der Waals surface area contributed by atoms with Gasteiger partial charge in [0.25, 0.3) is 0 Å². The number of carbonyl (C=O) groups is 1. The second-order valence-corrected chi connectivity index (χ2v) is 5.76. The van der Waals surface area contributed by atoms with Crippen LogP contribution in [0.3, 0.4) is 0 Å². The molecule has 0 atom stereocenters. The van der Waals surface area contributed by atoms with E-state index in [1.165, 1.54) is 19.3 Å². The van der Waals surface area contributed by atoms with Crippen LogP contribution in [0, 0.1) is 0 Å². The zero-order valence-corrected chi connectivity index (χ0v) is 13.6. The molecule has 0 bridgehead atoms. The molecule has 0 aromatic heterocycles. The summed E-state index contributed by atoms with van der Waals surface area (Å²) in [6, 6.07) is 7.76.